The molecule has 1 amide bonds. The highest BCUT2D eigenvalue weighted by molar-refractivity contribution is 5.84. The van der Waals surface area contributed by atoms with Crippen molar-refractivity contribution in [3.8, 4) is 0 Å². The van der Waals surface area contributed by atoms with Crippen LogP contribution in [-0.4, -0.2) is 72.7 Å². The maximum atomic E-state index is 13.0. The minimum absolute atomic E-state index is 0.0729. The van der Waals surface area contributed by atoms with E-state index in [1.54, 1.807) is 0 Å². The number of carbonyl (C=O) groups is 1. The van der Waals surface area contributed by atoms with E-state index in [2.05, 4.69) is 40.1 Å². The zero-order valence-corrected chi connectivity index (χ0v) is 15.6. The van der Waals surface area contributed by atoms with Crippen molar-refractivity contribution >= 4 is 11.6 Å². The standard InChI is InChI=1S/C21H31N3O2/c25-16-15-23-11-4-9-21(20(23)26)10-14-24(17-21)19-7-12-22(13-8-19)18-5-2-1-3-6-18/h1-3,5-6,19,25H,4,7-17H2/t21-/m0/s1. The fraction of sp³-hybridized carbons (Fsp3) is 0.667. The van der Waals surface area contributed by atoms with Gasteiger partial charge >= 0.3 is 0 Å². The molecule has 1 spiro atoms. The number of aliphatic hydroxyl groups is 1. The summed E-state index contributed by atoms with van der Waals surface area (Å²) in [7, 11) is 0. The number of para-hydroxylation sites is 1. The van der Waals surface area contributed by atoms with E-state index in [0.29, 0.717) is 18.5 Å². The fourth-order valence-corrected chi connectivity index (χ4v) is 5.21. The number of β-amino-alcohol motifs (C(OH)–C–C–N with tert-alkyl or cyclic N) is 1. The summed E-state index contributed by atoms with van der Waals surface area (Å²) in [5.74, 6) is 0.294. The second kappa shape index (κ2) is 7.57. The van der Waals surface area contributed by atoms with Crippen LogP contribution in [-0.2, 0) is 4.79 Å². The number of hydrogen-bond donors (Lipinski definition) is 1. The lowest BCUT2D eigenvalue weighted by Crippen LogP contribution is -2.52. The van der Waals surface area contributed by atoms with Crippen molar-refractivity contribution in [1.82, 2.24) is 9.80 Å². The fourth-order valence-electron chi connectivity index (χ4n) is 5.21. The van der Waals surface area contributed by atoms with E-state index in [-0.39, 0.29) is 12.0 Å². The first-order valence-corrected chi connectivity index (χ1v) is 10.2. The monoisotopic (exact) mass is 357 g/mol. The summed E-state index contributed by atoms with van der Waals surface area (Å²) >= 11 is 0. The summed E-state index contributed by atoms with van der Waals surface area (Å²) in [6.07, 6.45) is 5.45. The number of piperidine rings is 2. The third kappa shape index (κ3) is 3.35. The highest BCUT2D eigenvalue weighted by Gasteiger charge is 2.49. The highest BCUT2D eigenvalue weighted by Crippen LogP contribution is 2.41. The Morgan fingerprint density at radius 3 is 2.54 bits per heavy atom. The summed E-state index contributed by atoms with van der Waals surface area (Å²) in [6, 6.07) is 11.3. The van der Waals surface area contributed by atoms with Gasteiger partial charge in [-0.1, -0.05) is 18.2 Å². The maximum Gasteiger partial charge on any atom is 0.230 e. The SMILES string of the molecule is O=C1N(CCO)CCC[C@@]12CCN(C1CCN(c3ccccc3)CC1)C2. The van der Waals surface area contributed by atoms with Crippen LogP contribution in [0.3, 0.4) is 0 Å². The molecule has 0 saturated carbocycles. The molecule has 0 unspecified atom stereocenters. The van der Waals surface area contributed by atoms with Crippen molar-refractivity contribution in [2.24, 2.45) is 5.41 Å². The first kappa shape index (κ1) is 17.8. The lowest BCUT2D eigenvalue weighted by atomic mass is 9.78. The molecule has 0 radical (unpaired) electrons. The molecule has 5 heteroatoms. The van der Waals surface area contributed by atoms with Gasteiger partial charge in [-0.25, -0.2) is 0 Å². The van der Waals surface area contributed by atoms with Gasteiger partial charge in [-0.15, -0.1) is 0 Å². The van der Waals surface area contributed by atoms with Crippen LogP contribution in [0, 0.1) is 5.41 Å². The number of anilines is 1. The van der Waals surface area contributed by atoms with Crippen LogP contribution >= 0.6 is 0 Å². The predicted molar refractivity (Wildman–Crippen MR) is 103 cm³/mol. The average molecular weight is 357 g/mol. The smallest absolute Gasteiger partial charge is 0.230 e. The van der Waals surface area contributed by atoms with E-state index in [1.807, 2.05) is 4.90 Å². The van der Waals surface area contributed by atoms with E-state index in [4.69, 9.17) is 0 Å². The molecule has 142 valence electrons. The van der Waals surface area contributed by atoms with Gasteiger partial charge < -0.3 is 14.9 Å². The van der Waals surface area contributed by atoms with E-state index in [0.717, 1.165) is 52.0 Å². The van der Waals surface area contributed by atoms with Crippen molar-refractivity contribution in [3.05, 3.63) is 30.3 Å². The van der Waals surface area contributed by atoms with E-state index < -0.39 is 0 Å². The molecule has 4 rings (SSSR count). The number of aliphatic hydroxyl groups excluding tert-OH is 1. The van der Waals surface area contributed by atoms with Crippen molar-refractivity contribution in [1.29, 1.82) is 0 Å². The van der Waals surface area contributed by atoms with Gasteiger partial charge in [0.1, 0.15) is 0 Å². The summed E-state index contributed by atoms with van der Waals surface area (Å²) in [6.45, 7) is 5.56. The molecule has 1 atom stereocenters. The van der Waals surface area contributed by atoms with Crippen LogP contribution in [0.4, 0.5) is 5.69 Å². The largest absolute Gasteiger partial charge is 0.395 e. The van der Waals surface area contributed by atoms with Crippen LogP contribution in [0.15, 0.2) is 30.3 Å². The second-order valence-corrected chi connectivity index (χ2v) is 8.17. The van der Waals surface area contributed by atoms with Gasteiger partial charge in [0.25, 0.3) is 0 Å². The molecule has 26 heavy (non-hydrogen) atoms. The molecule has 3 aliphatic rings. The van der Waals surface area contributed by atoms with E-state index in [9.17, 15) is 9.90 Å². The molecule has 0 aromatic heterocycles. The lowest BCUT2D eigenvalue weighted by Gasteiger charge is -2.41. The van der Waals surface area contributed by atoms with Gasteiger partial charge in [0, 0.05) is 44.5 Å². The van der Waals surface area contributed by atoms with Crippen molar-refractivity contribution in [2.75, 3.05) is 50.8 Å². The van der Waals surface area contributed by atoms with Gasteiger partial charge in [-0.05, 0) is 50.8 Å². The number of carbonyl (C=O) groups excluding carboxylic acids is 1. The van der Waals surface area contributed by atoms with Gasteiger partial charge in [-0.2, -0.15) is 0 Å². The van der Waals surface area contributed by atoms with Crippen LogP contribution in [0.2, 0.25) is 0 Å². The zero-order valence-electron chi connectivity index (χ0n) is 15.6. The van der Waals surface area contributed by atoms with Gasteiger partial charge in [-0.3, -0.25) is 9.69 Å². The van der Waals surface area contributed by atoms with Crippen LogP contribution in [0.5, 0.6) is 0 Å². The summed E-state index contributed by atoms with van der Waals surface area (Å²) < 4.78 is 0. The molecule has 0 bridgehead atoms. The minimum Gasteiger partial charge on any atom is -0.395 e. The number of rotatable bonds is 4. The number of likely N-dealkylation sites (tertiary alicyclic amines) is 2. The normalized spacial score (nSPS) is 28.3. The Balaban J connectivity index is 1.35. The number of benzene rings is 1. The Bertz CT molecular complexity index is 613. The third-order valence-electron chi connectivity index (χ3n) is 6.68. The first-order chi connectivity index (χ1) is 12.7. The minimum atomic E-state index is -0.177. The number of hydrogen-bond acceptors (Lipinski definition) is 4. The van der Waals surface area contributed by atoms with Gasteiger partial charge in [0.15, 0.2) is 0 Å². The molecular formula is C21H31N3O2. The number of amides is 1. The Kier molecular flexibility index (Phi) is 5.18. The lowest BCUT2D eigenvalue weighted by molar-refractivity contribution is -0.146. The summed E-state index contributed by atoms with van der Waals surface area (Å²) in [5, 5.41) is 9.23. The first-order valence-electron chi connectivity index (χ1n) is 10.2. The van der Waals surface area contributed by atoms with Crippen LogP contribution in [0.25, 0.3) is 0 Å². The zero-order chi connectivity index (χ0) is 18.0. The predicted octanol–water partition coefficient (Wildman–Crippen LogP) is 1.96. The summed E-state index contributed by atoms with van der Waals surface area (Å²) in [4.78, 5) is 19.9. The van der Waals surface area contributed by atoms with E-state index in [1.165, 1.54) is 18.5 Å². The quantitative estimate of drug-likeness (QED) is 0.895. The Morgan fingerprint density at radius 1 is 1.04 bits per heavy atom. The van der Waals surface area contributed by atoms with E-state index >= 15 is 0 Å². The highest BCUT2D eigenvalue weighted by atomic mass is 16.3. The molecule has 3 fully saturated rings. The summed E-state index contributed by atoms with van der Waals surface area (Å²) in [5.41, 5.74) is 1.15. The van der Waals surface area contributed by atoms with Crippen LogP contribution < -0.4 is 4.90 Å². The molecule has 3 aliphatic heterocycles. The topological polar surface area (TPSA) is 47.0 Å². The molecule has 0 aliphatic carbocycles. The molecule has 3 heterocycles. The Hall–Kier alpha value is -1.59. The van der Waals surface area contributed by atoms with Crippen LogP contribution in [0.1, 0.15) is 32.1 Å². The van der Waals surface area contributed by atoms with Crippen molar-refractivity contribution in [2.45, 2.75) is 38.1 Å². The molecular weight excluding hydrogens is 326 g/mol. The Morgan fingerprint density at radius 2 is 1.81 bits per heavy atom. The molecule has 5 nitrogen and oxygen atoms in total. The molecule has 3 saturated heterocycles. The average Bonchev–Trinajstić information content (AvgIpc) is 3.12. The number of nitrogens with zero attached hydrogens (tertiary/aromatic N) is 3. The van der Waals surface area contributed by atoms with Gasteiger partial charge in [0.2, 0.25) is 5.91 Å². The van der Waals surface area contributed by atoms with Gasteiger partial charge in [0.05, 0.1) is 12.0 Å². The maximum absolute atomic E-state index is 13.0. The second-order valence-electron chi connectivity index (χ2n) is 8.17. The molecule has 1 aromatic rings. The third-order valence-corrected chi connectivity index (χ3v) is 6.68. The van der Waals surface area contributed by atoms with Crippen molar-refractivity contribution in [3.63, 3.8) is 0 Å². The molecule has 1 N–H and O–H groups in total. The molecule has 1 aromatic carbocycles. The Labute approximate surface area is 156 Å². The van der Waals surface area contributed by atoms with Crippen molar-refractivity contribution < 1.29 is 9.90 Å².